The Morgan fingerprint density at radius 3 is 2.48 bits per heavy atom. The maximum absolute atomic E-state index is 12.1. The van der Waals surface area contributed by atoms with Crippen molar-refractivity contribution in [1.29, 1.82) is 0 Å². The minimum Gasteiger partial charge on any atom is -0.302 e. The first-order chi connectivity index (χ1) is 13.7. The topological polar surface area (TPSA) is 132 Å². The summed E-state index contributed by atoms with van der Waals surface area (Å²) in [7, 11) is -3.33. The van der Waals surface area contributed by atoms with E-state index in [2.05, 4.69) is 30.4 Å². The zero-order valence-corrected chi connectivity index (χ0v) is 18.4. The molecule has 0 saturated carbocycles. The van der Waals surface area contributed by atoms with Gasteiger partial charge in [-0.2, -0.15) is 0 Å². The summed E-state index contributed by atoms with van der Waals surface area (Å²) in [6.07, 6.45) is 1.10. The number of amides is 1. The Balaban J connectivity index is 1.69. The van der Waals surface area contributed by atoms with Gasteiger partial charge in [-0.25, -0.2) is 8.42 Å². The molecular weight excluding hydrogens is 434 g/mol. The van der Waals surface area contributed by atoms with Gasteiger partial charge < -0.3 is 4.57 Å². The molecule has 1 aromatic carbocycles. The maximum atomic E-state index is 12.1. The molecule has 29 heavy (non-hydrogen) atoms. The van der Waals surface area contributed by atoms with Crippen LogP contribution in [0.1, 0.15) is 11.9 Å². The lowest BCUT2D eigenvalue weighted by Gasteiger charge is -2.08. The summed E-state index contributed by atoms with van der Waals surface area (Å²) >= 11 is 2.59. The van der Waals surface area contributed by atoms with Crippen molar-refractivity contribution in [2.24, 2.45) is 0 Å². The molecule has 0 aliphatic carbocycles. The van der Waals surface area contributed by atoms with Crippen LogP contribution in [0.5, 0.6) is 0 Å². The number of nitrogens with one attached hydrogen (secondary N) is 2. The van der Waals surface area contributed by atoms with Crippen molar-refractivity contribution in [3.63, 3.8) is 0 Å². The number of hydrogen-bond acceptors (Lipinski definition) is 9. The van der Waals surface area contributed by atoms with Gasteiger partial charge in [0.25, 0.3) is 0 Å². The average molecular weight is 454 g/mol. The summed E-state index contributed by atoms with van der Waals surface area (Å²) in [5.41, 5.74) is 1.26. The van der Waals surface area contributed by atoms with Gasteiger partial charge in [-0.05, 0) is 38.1 Å². The van der Waals surface area contributed by atoms with Crippen LogP contribution in [0.2, 0.25) is 0 Å². The molecule has 1 amide bonds. The third kappa shape index (κ3) is 5.74. The van der Waals surface area contributed by atoms with Gasteiger partial charge in [-0.15, -0.1) is 20.4 Å². The number of hydrogen-bond donors (Lipinski definition) is 2. The minimum atomic E-state index is -3.33. The molecule has 2 aromatic heterocycles. The number of sulfonamides is 1. The second-order valence-electron chi connectivity index (χ2n) is 5.97. The van der Waals surface area contributed by atoms with Gasteiger partial charge in [0.1, 0.15) is 5.01 Å². The number of carbonyl (C=O) groups is 1. The van der Waals surface area contributed by atoms with Crippen molar-refractivity contribution >= 4 is 49.8 Å². The number of thioether (sulfide) groups is 1. The van der Waals surface area contributed by atoms with Gasteiger partial charge in [0, 0.05) is 17.8 Å². The highest BCUT2D eigenvalue weighted by Gasteiger charge is 2.15. The van der Waals surface area contributed by atoms with Gasteiger partial charge in [-0.3, -0.25) is 14.8 Å². The maximum Gasteiger partial charge on any atom is 0.236 e. The molecule has 0 aliphatic heterocycles. The normalized spacial score (nSPS) is 11.4. The Morgan fingerprint density at radius 2 is 1.90 bits per heavy atom. The summed E-state index contributed by atoms with van der Waals surface area (Å²) < 4.78 is 27.0. The molecule has 0 aliphatic rings. The van der Waals surface area contributed by atoms with E-state index in [0.29, 0.717) is 28.3 Å². The van der Waals surface area contributed by atoms with E-state index in [1.165, 1.54) is 23.1 Å². The highest BCUT2D eigenvalue weighted by molar-refractivity contribution is 7.99. The third-order valence-corrected chi connectivity index (χ3v) is 5.91. The van der Waals surface area contributed by atoms with Gasteiger partial charge in [0.2, 0.25) is 21.1 Å². The van der Waals surface area contributed by atoms with E-state index in [1.54, 1.807) is 24.3 Å². The molecule has 0 unspecified atom stereocenters. The molecule has 154 valence electrons. The lowest BCUT2D eigenvalue weighted by molar-refractivity contribution is -0.113. The van der Waals surface area contributed by atoms with E-state index >= 15 is 0 Å². The van der Waals surface area contributed by atoms with Crippen molar-refractivity contribution in [2.45, 2.75) is 25.5 Å². The second-order valence-corrected chi connectivity index (χ2v) is 9.84. The van der Waals surface area contributed by atoms with Crippen LogP contribution in [0.4, 0.5) is 10.8 Å². The molecule has 13 heteroatoms. The Bertz CT molecular complexity index is 1110. The van der Waals surface area contributed by atoms with Crippen molar-refractivity contribution in [1.82, 2.24) is 25.0 Å². The smallest absolute Gasteiger partial charge is 0.236 e. The predicted molar refractivity (Wildman–Crippen MR) is 114 cm³/mol. The first-order valence-corrected chi connectivity index (χ1v) is 12.2. The molecule has 3 rings (SSSR count). The summed E-state index contributed by atoms with van der Waals surface area (Å²) in [5, 5.41) is 20.7. The molecule has 0 saturated heterocycles. The molecule has 0 fully saturated rings. The number of anilines is 2. The lowest BCUT2D eigenvalue weighted by atomic mass is 10.2. The van der Waals surface area contributed by atoms with Crippen LogP contribution < -0.4 is 10.0 Å². The number of benzene rings is 1. The average Bonchev–Trinajstić information content (AvgIpc) is 3.25. The van der Waals surface area contributed by atoms with Crippen LogP contribution in [0, 0.1) is 6.92 Å². The quantitative estimate of drug-likeness (QED) is 0.496. The van der Waals surface area contributed by atoms with Crippen LogP contribution in [-0.2, 0) is 21.4 Å². The molecule has 0 bridgehead atoms. The summed E-state index contributed by atoms with van der Waals surface area (Å²) in [6.45, 7) is 4.39. The van der Waals surface area contributed by atoms with E-state index in [9.17, 15) is 13.2 Å². The van der Waals surface area contributed by atoms with Gasteiger partial charge in [0.05, 0.1) is 12.0 Å². The van der Waals surface area contributed by atoms with E-state index < -0.39 is 10.0 Å². The first kappa shape index (κ1) is 21.2. The monoisotopic (exact) mass is 453 g/mol. The number of nitrogens with zero attached hydrogens (tertiary/aromatic N) is 5. The van der Waals surface area contributed by atoms with Crippen LogP contribution in [-0.4, -0.2) is 51.3 Å². The fourth-order valence-corrected chi connectivity index (χ4v) is 4.40. The van der Waals surface area contributed by atoms with E-state index in [0.717, 1.165) is 16.8 Å². The molecule has 10 nitrogen and oxygen atoms in total. The van der Waals surface area contributed by atoms with E-state index in [-0.39, 0.29) is 11.7 Å². The molecule has 2 heterocycles. The minimum absolute atomic E-state index is 0.161. The molecule has 3 aromatic rings. The molecular formula is C16H19N7O3S3. The van der Waals surface area contributed by atoms with Crippen LogP contribution in [0.3, 0.4) is 0 Å². The van der Waals surface area contributed by atoms with Crippen molar-refractivity contribution < 1.29 is 13.2 Å². The number of carbonyl (C=O) groups excluding carboxylic acids is 1. The van der Waals surface area contributed by atoms with Gasteiger partial charge in [-0.1, -0.05) is 23.1 Å². The number of rotatable bonds is 8. The van der Waals surface area contributed by atoms with Gasteiger partial charge >= 0.3 is 0 Å². The van der Waals surface area contributed by atoms with Crippen molar-refractivity contribution in [2.75, 3.05) is 22.0 Å². The predicted octanol–water partition coefficient (Wildman–Crippen LogP) is 2.23. The highest BCUT2D eigenvalue weighted by atomic mass is 32.2. The Labute approximate surface area is 176 Å². The van der Waals surface area contributed by atoms with Crippen LogP contribution >= 0.6 is 23.1 Å². The fraction of sp³-hybridized carbons (Fsp3) is 0.312. The zero-order chi connectivity index (χ0) is 21.0. The van der Waals surface area contributed by atoms with Gasteiger partial charge in [0.15, 0.2) is 11.0 Å². The van der Waals surface area contributed by atoms with E-state index in [1.807, 2.05) is 18.4 Å². The number of aryl methyl sites for hydroxylation is 1. The fourth-order valence-electron chi connectivity index (χ4n) is 2.43. The Kier molecular flexibility index (Phi) is 6.49. The van der Waals surface area contributed by atoms with Crippen LogP contribution in [0.25, 0.3) is 11.4 Å². The van der Waals surface area contributed by atoms with Crippen LogP contribution in [0.15, 0.2) is 29.4 Å². The summed E-state index contributed by atoms with van der Waals surface area (Å²) in [5.74, 6) is 0.601. The largest absolute Gasteiger partial charge is 0.302 e. The zero-order valence-electron chi connectivity index (χ0n) is 15.9. The Hall–Kier alpha value is -2.51. The SMILES string of the molecule is CCn1c(SCC(=O)Nc2nnc(C)s2)nnc1-c1ccc(NS(C)(=O)=O)cc1. The molecule has 2 N–H and O–H groups in total. The standard InChI is InChI=1S/C16H19N7O3S3/c1-4-23-14(11-5-7-12(8-6-11)22-29(3,25)26)19-21-16(23)27-9-13(24)17-15-20-18-10(2)28-15/h5-8,22H,4,9H2,1-3H3,(H,17,20,24). The molecule has 0 spiro atoms. The lowest BCUT2D eigenvalue weighted by Crippen LogP contribution is -2.14. The third-order valence-electron chi connectivity index (χ3n) is 3.58. The summed E-state index contributed by atoms with van der Waals surface area (Å²) in [6, 6.07) is 6.86. The summed E-state index contributed by atoms with van der Waals surface area (Å²) in [4.78, 5) is 12.1. The highest BCUT2D eigenvalue weighted by Crippen LogP contribution is 2.25. The Morgan fingerprint density at radius 1 is 1.17 bits per heavy atom. The van der Waals surface area contributed by atoms with E-state index in [4.69, 9.17) is 0 Å². The number of aromatic nitrogens is 5. The van der Waals surface area contributed by atoms with Crippen molar-refractivity contribution in [3.05, 3.63) is 29.3 Å². The molecule has 0 atom stereocenters. The molecule has 0 radical (unpaired) electrons. The van der Waals surface area contributed by atoms with Crippen molar-refractivity contribution in [3.8, 4) is 11.4 Å². The second kappa shape index (κ2) is 8.88. The first-order valence-electron chi connectivity index (χ1n) is 8.49.